The minimum Gasteiger partial charge on any atom is -0.345 e. The van der Waals surface area contributed by atoms with Gasteiger partial charge in [0.15, 0.2) is 11.6 Å². The first kappa shape index (κ1) is 13.7. The van der Waals surface area contributed by atoms with Crippen LogP contribution in [0.4, 0.5) is 14.5 Å². The second kappa shape index (κ2) is 5.25. The van der Waals surface area contributed by atoms with E-state index in [4.69, 9.17) is 0 Å². The maximum absolute atomic E-state index is 13.7. The van der Waals surface area contributed by atoms with E-state index < -0.39 is 23.2 Å². The normalized spacial score (nSPS) is 10.8. The third-order valence-electron chi connectivity index (χ3n) is 2.93. The number of halogens is 3. The van der Waals surface area contributed by atoms with E-state index in [9.17, 15) is 13.6 Å². The first-order chi connectivity index (χ1) is 10.0. The quantitative estimate of drug-likeness (QED) is 0.736. The average molecular weight is 352 g/mol. The lowest BCUT2D eigenvalue weighted by Crippen LogP contribution is -2.14. The van der Waals surface area contributed by atoms with E-state index in [-0.39, 0.29) is 10.0 Å². The SMILES string of the molecule is O=C(Nc1c(F)cc(Br)cc1F)c1ccc2nc[nH]c2c1. The monoisotopic (exact) mass is 351 g/mol. The molecule has 3 rings (SSSR count). The number of carbonyl (C=O) groups is 1. The summed E-state index contributed by atoms with van der Waals surface area (Å²) in [7, 11) is 0. The van der Waals surface area contributed by atoms with Crippen molar-refractivity contribution in [1.29, 1.82) is 0 Å². The molecule has 21 heavy (non-hydrogen) atoms. The Morgan fingerprint density at radius 2 is 1.90 bits per heavy atom. The lowest BCUT2D eigenvalue weighted by Gasteiger charge is -2.08. The van der Waals surface area contributed by atoms with Crippen LogP contribution >= 0.6 is 15.9 Å². The Morgan fingerprint density at radius 3 is 2.62 bits per heavy atom. The average Bonchev–Trinajstić information content (AvgIpc) is 2.89. The minimum atomic E-state index is -0.849. The van der Waals surface area contributed by atoms with E-state index in [2.05, 4.69) is 31.2 Å². The van der Waals surface area contributed by atoms with Crippen molar-refractivity contribution in [3.63, 3.8) is 0 Å². The summed E-state index contributed by atoms with van der Waals surface area (Å²) in [6, 6.07) is 6.90. The molecule has 0 radical (unpaired) electrons. The van der Waals surface area contributed by atoms with Crippen LogP contribution in [0.2, 0.25) is 0 Å². The molecule has 0 aliphatic heterocycles. The molecular formula is C14H8BrF2N3O. The van der Waals surface area contributed by atoms with Gasteiger partial charge in [-0.2, -0.15) is 0 Å². The Hall–Kier alpha value is -2.28. The molecule has 0 saturated carbocycles. The number of H-pyrrole nitrogens is 1. The van der Waals surface area contributed by atoms with Gasteiger partial charge in [0, 0.05) is 10.0 Å². The molecule has 1 aromatic heterocycles. The van der Waals surface area contributed by atoms with Crippen molar-refractivity contribution < 1.29 is 13.6 Å². The smallest absolute Gasteiger partial charge is 0.255 e. The molecular weight excluding hydrogens is 344 g/mol. The predicted molar refractivity (Wildman–Crippen MR) is 78.1 cm³/mol. The summed E-state index contributed by atoms with van der Waals surface area (Å²) in [5.74, 6) is -2.30. The van der Waals surface area contributed by atoms with E-state index in [1.807, 2.05) is 0 Å². The highest BCUT2D eigenvalue weighted by molar-refractivity contribution is 9.10. The third-order valence-corrected chi connectivity index (χ3v) is 3.39. The predicted octanol–water partition coefficient (Wildman–Crippen LogP) is 3.86. The van der Waals surface area contributed by atoms with Crippen LogP contribution in [-0.2, 0) is 0 Å². The standard InChI is InChI=1S/C14H8BrF2N3O/c15-8-4-9(16)13(10(17)5-8)20-14(21)7-1-2-11-12(3-7)19-6-18-11/h1-6H,(H,18,19)(H,20,21). The Bertz CT molecular complexity index is 824. The van der Waals surface area contributed by atoms with Crippen molar-refractivity contribution >= 4 is 38.6 Å². The highest BCUT2D eigenvalue weighted by Gasteiger charge is 2.15. The Morgan fingerprint density at radius 1 is 1.19 bits per heavy atom. The van der Waals surface area contributed by atoms with Gasteiger partial charge in [-0.15, -0.1) is 0 Å². The zero-order valence-electron chi connectivity index (χ0n) is 10.5. The summed E-state index contributed by atoms with van der Waals surface area (Å²) >= 11 is 2.98. The van der Waals surface area contributed by atoms with E-state index in [0.29, 0.717) is 11.0 Å². The number of nitrogens with one attached hydrogen (secondary N) is 2. The van der Waals surface area contributed by atoms with Crippen LogP contribution in [0.1, 0.15) is 10.4 Å². The van der Waals surface area contributed by atoms with Gasteiger partial charge in [0.1, 0.15) is 5.69 Å². The zero-order valence-corrected chi connectivity index (χ0v) is 12.0. The molecule has 0 aliphatic rings. The first-order valence-corrected chi connectivity index (χ1v) is 6.73. The summed E-state index contributed by atoms with van der Waals surface area (Å²) in [5, 5.41) is 2.23. The number of benzene rings is 2. The summed E-state index contributed by atoms with van der Waals surface area (Å²) in [4.78, 5) is 19.0. The third kappa shape index (κ3) is 2.64. The molecule has 7 heteroatoms. The molecule has 0 fully saturated rings. The molecule has 1 heterocycles. The summed E-state index contributed by atoms with van der Waals surface area (Å²) < 4.78 is 27.6. The number of imidazole rings is 1. The van der Waals surface area contributed by atoms with Crippen molar-refractivity contribution in [3.8, 4) is 0 Å². The second-order valence-electron chi connectivity index (χ2n) is 4.33. The van der Waals surface area contributed by atoms with Gasteiger partial charge in [0.05, 0.1) is 17.4 Å². The van der Waals surface area contributed by atoms with Crippen LogP contribution in [-0.4, -0.2) is 15.9 Å². The molecule has 0 spiro atoms. The summed E-state index contributed by atoms with van der Waals surface area (Å²) in [6.45, 7) is 0. The highest BCUT2D eigenvalue weighted by Crippen LogP contribution is 2.24. The van der Waals surface area contributed by atoms with Crippen LogP contribution < -0.4 is 5.32 Å². The fourth-order valence-corrected chi connectivity index (χ4v) is 2.33. The first-order valence-electron chi connectivity index (χ1n) is 5.93. The van der Waals surface area contributed by atoms with Crippen LogP contribution in [0.15, 0.2) is 41.1 Å². The van der Waals surface area contributed by atoms with E-state index in [1.54, 1.807) is 12.1 Å². The molecule has 1 amide bonds. The van der Waals surface area contributed by atoms with Crippen LogP contribution in [0, 0.1) is 11.6 Å². The van der Waals surface area contributed by atoms with Crippen molar-refractivity contribution in [2.45, 2.75) is 0 Å². The minimum absolute atomic E-state index is 0.259. The molecule has 2 N–H and O–H groups in total. The van der Waals surface area contributed by atoms with Gasteiger partial charge in [-0.25, -0.2) is 13.8 Å². The number of aromatic nitrogens is 2. The lowest BCUT2D eigenvalue weighted by molar-refractivity contribution is 0.102. The molecule has 0 saturated heterocycles. The van der Waals surface area contributed by atoms with Gasteiger partial charge in [-0.1, -0.05) is 15.9 Å². The molecule has 0 atom stereocenters. The maximum Gasteiger partial charge on any atom is 0.255 e. The van der Waals surface area contributed by atoms with E-state index >= 15 is 0 Å². The lowest BCUT2D eigenvalue weighted by atomic mass is 10.2. The maximum atomic E-state index is 13.7. The van der Waals surface area contributed by atoms with Crippen molar-refractivity contribution in [2.75, 3.05) is 5.32 Å². The van der Waals surface area contributed by atoms with Crippen molar-refractivity contribution in [1.82, 2.24) is 9.97 Å². The second-order valence-corrected chi connectivity index (χ2v) is 5.25. The van der Waals surface area contributed by atoms with Gasteiger partial charge in [0.2, 0.25) is 0 Å². The van der Waals surface area contributed by atoms with Crippen molar-refractivity contribution in [2.24, 2.45) is 0 Å². The number of hydrogen-bond acceptors (Lipinski definition) is 2. The molecule has 0 unspecified atom stereocenters. The zero-order chi connectivity index (χ0) is 15.0. The number of hydrogen-bond donors (Lipinski definition) is 2. The number of amides is 1. The molecule has 0 aliphatic carbocycles. The Balaban J connectivity index is 1.92. The molecule has 3 aromatic rings. The summed E-state index contributed by atoms with van der Waals surface area (Å²) in [5.41, 5.74) is 1.16. The fraction of sp³-hybridized carbons (Fsp3) is 0. The van der Waals surface area contributed by atoms with Gasteiger partial charge >= 0.3 is 0 Å². The molecule has 0 bridgehead atoms. The Labute approximate surface area is 126 Å². The van der Waals surface area contributed by atoms with Gasteiger partial charge < -0.3 is 10.3 Å². The highest BCUT2D eigenvalue weighted by atomic mass is 79.9. The largest absolute Gasteiger partial charge is 0.345 e. The van der Waals surface area contributed by atoms with Crippen molar-refractivity contribution in [3.05, 3.63) is 58.3 Å². The number of nitrogens with zero attached hydrogens (tertiary/aromatic N) is 1. The van der Waals surface area contributed by atoms with Gasteiger partial charge in [-0.05, 0) is 30.3 Å². The van der Waals surface area contributed by atoms with E-state index in [0.717, 1.165) is 12.1 Å². The number of carbonyl (C=O) groups excluding carboxylic acids is 1. The number of rotatable bonds is 2. The number of fused-ring (bicyclic) bond motifs is 1. The molecule has 4 nitrogen and oxygen atoms in total. The Kier molecular flexibility index (Phi) is 3.42. The molecule has 2 aromatic carbocycles. The number of aromatic amines is 1. The summed E-state index contributed by atoms with van der Waals surface area (Å²) in [6.07, 6.45) is 1.50. The van der Waals surface area contributed by atoms with Crippen LogP contribution in [0.5, 0.6) is 0 Å². The number of anilines is 1. The topological polar surface area (TPSA) is 57.8 Å². The van der Waals surface area contributed by atoms with E-state index in [1.165, 1.54) is 12.4 Å². The molecule has 106 valence electrons. The van der Waals surface area contributed by atoms with Gasteiger partial charge in [0.25, 0.3) is 5.91 Å². The fourth-order valence-electron chi connectivity index (χ4n) is 1.92. The van der Waals surface area contributed by atoms with Gasteiger partial charge in [-0.3, -0.25) is 4.79 Å². The van der Waals surface area contributed by atoms with Crippen LogP contribution in [0.25, 0.3) is 11.0 Å². The van der Waals surface area contributed by atoms with Crippen LogP contribution in [0.3, 0.4) is 0 Å².